The Bertz CT molecular complexity index is 839. The van der Waals surface area contributed by atoms with E-state index in [-0.39, 0.29) is 5.91 Å². The summed E-state index contributed by atoms with van der Waals surface area (Å²) in [6.45, 7) is 1.77. The third-order valence-corrected chi connectivity index (χ3v) is 4.34. The second-order valence-corrected chi connectivity index (χ2v) is 6.73. The third kappa shape index (κ3) is 4.15. The average Bonchev–Trinajstić information content (AvgIpc) is 3.04. The first-order chi connectivity index (χ1) is 11.6. The Morgan fingerprint density at radius 3 is 2.71 bits per heavy atom. The number of carbonyl (C=O) groups excluding carboxylic acids is 1. The first-order valence-electron chi connectivity index (χ1n) is 7.24. The summed E-state index contributed by atoms with van der Waals surface area (Å²) in [5, 5.41) is 11.3. The Hall–Kier alpha value is -2.31. The van der Waals surface area contributed by atoms with Crippen molar-refractivity contribution in [3.05, 3.63) is 59.6 Å². The summed E-state index contributed by atoms with van der Waals surface area (Å²) < 4.78 is 5.60. The highest BCUT2D eigenvalue weighted by molar-refractivity contribution is 8.00. The smallest absolute Gasteiger partial charge is 0.277 e. The molecule has 0 unspecified atom stereocenters. The van der Waals surface area contributed by atoms with Gasteiger partial charge in [0.15, 0.2) is 0 Å². The van der Waals surface area contributed by atoms with E-state index in [1.54, 1.807) is 31.2 Å². The van der Waals surface area contributed by atoms with E-state index in [4.69, 9.17) is 16.0 Å². The minimum absolute atomic E-state index is 0.165. The largest absolute Gasteiger partial charge is 0.411 e. The summed E-state index contributed by atoms with van der Waals surface area (Å²) in [6.07, 6.45) is 0. The minimum atomic E-state index is -0.395. The fraction of sp³-hybridized carbons (Fsp3) is 0.118. The van der Waals surface area contributed by atoms with E-state index in [0.29, 0.717) is 21.8 Å². The zero-order valence-corrected chi connectivity index (χ0v) is 14.3. The predicted octanol–water partition coefficient (Wildman–Crippen LogP) is 4.51. The molecule has 24 heavy (non-hydrogen) atoms. The SMILES string of the molecule is C[C@@H](Sc1nnc(-c2ccccc2)o1)C(=O)Nc1cccc(Cl)c1. The molecule has 0 saturated heterocycles. The summed E-state index contributed by atoms with van der Waals surface area (Å²) in [5.74, 6) is 0.266. The van der Waals surface area contributed by atoms with E-state index >= 15 is 0 Å². The predicted molar refractivity (Wildman–Crippen MR) is 95.1 cm³/mol. The van der Waals surface area contributed by atoms with Crippen LogP contribution in [0, 0.1) is 0 Å². The van der Waals surface area contributed by atoms with Crippen LogP contribution >= 0.6 is 23.4 Å². The normalized spacial score (nSPS) is 11.9. The quantitative estimate of drug-likeness (QED) is 0.679. The second-order valence-electron chi connectivity index (χ2n) is 5.00. The Balaban J connectivity index is 1.63. The molecule has 0 aliphatic rings. The van der Waals surface area contributed by atoms with Gasteiger partial charge in [-0.3, -0.25) is 4.79 Å². The highest BCUT2D eigenvalue weighted by atomic mass is 35.5. The standard InChI is InChI=1S/C17H14ClN3O2S/c1-11(15(22)19-14-9-5-8-13(18)10-14)24-17-21-20-16(23-17)12-6-3-2-4-7-12/h2-11H,1H3,(H,19,22)/t11-/m1/s1. The highest BCUT2D eigenvalue weighted by Gasteiger charge is 2.19. The molecule has 1 N–H and O–H groups in total. The molecule has 0 bridgehead atoms. The lowest BCUT2D eigenvalue weighted by atomic mass is 10.2. The Morgan fingerprint density at radius 1 is 1.17 bits per heavy atom. The highest BCUT2D eigenvalue weighted by Crippen LogP contribution is 2.26. The number of nitrogens with one attached hydrogen (secondary N) is 1. The molecular formula is C17H14ClN3O2S. The number of benzene rings is 2. The molecule has 1 amide bonds. The van der Waals surface area contributed by atoms with Crippen LogP contribution in [-0.2, 0) is 4.79 Å². The summed E-state index contributed by atoms with van der Waals surface area (Å²) >= 11 is 7.11. The van der Waals surface area contributed by atoms with Gasteiger partial charge in [0, 0.05) is 16.3 Å². The van der Waals surface area contributed by atoms with Gasteiger partial charge in [0.2, 0.25) is 11.8 Å². The van der Waals surface area contributed by atoms with E-state index in [1.807, 2.05) is 30.3 Å². The van der Waals surface area contributed by atoms with Gasteiger partial charge in [-0.05, 0) is 37.3 Å². The molecule has 0 radical (unpaired) electrons. The van der Waals surface area contributed by atoms with Crippen LogP contribution < -0.4 is 5.32 Å². The number of rotatable bonds is 5. The van der Waals surface area contributed by atoms with Gasteiger partial charge in [-0.15, -0.1) is 10.2 Å². The van der Waals surface area contributed by atoms with Crippen LogP contribution in [0.1, 0.15) is 6.92 Å². The van der Waals surface area contributed by atoms with Crippen LogP contribution in [0.3, 0.4) is 0 Å². The van der Waals surface area contributed by atoms with Crippen LogP contribution in [0.25, 0.3) is 11.5 Å². The topological polar surface area (TPSA) is 68.0 Å². The molecule has 1 atom stereocenters. The van der Waals surface area contributed by atoms with Gasteiger partial charge in [0.05, 0.1) is 5.25 Å². The first kappa shape index (κ1) is 16.5. The van der Waals surface area contributed by atoms with Gasteiger partial charge < -0.3 is 9.73 Å². The number of carbonyl (C=O) groups is 1. The lowest BCUT2D eigenvalue weighted by Crippen LogP contribution is -2.22. The van der Waals surface area contributed by atoms with Crippen molar-refractivity contribution in [2.75, 3.05) is 5.32 Å². The number of thioether (sulfide) groups is 1. The molecule has 5 nitrogen and oxygen atoms in total. The zero-order valence-electron chi connectivity index (χ0n) is 12.8. The zero-order chi connectivity index (χ0) is 16.9. The van der Waals surface area contributed by atoms with Gasteiger partial charge in [-0.1, -0.05) is 47.6 Å². The Kier molecular flexibility index (Phi) is 5.17. The molecule has 1 aromatic heterocycles. The molecule has 1 heterocycles. The summed E-state index contributed by atoms with van der Waals surface area (Å²) in [5.41, 5.74) is 1.49. The maximum atomic E-state index is 12.2. The minimum Gasteiger partial charge on any atom is -0.411 e. The van der Waals surface area contributed by atoms with Gasteiger partial charge in [0.25, 0.3) is 5.22 Å². The summed E-state index contributed by atoms with van der Waals surface area (Å²) in [6, 6.07) is 16.5. The van der Waals surface area contributed by atoms with Gasteiger partial charge in [0.1, 0.15) is 0 Å². The maximum absolute atomic E-state index is 12.2. The molecule has 0 aliphatic heterocycles. The number of halogens is 1. The molecule has 0 aliphatic carbocycles. The van der Waals surface area contributed by atoms with Crippen molar-refractivity contribution in [1.82, 2.24) is 10.2 Å². The second kappa shape index (κ2) is 7.51. The van der Waals surface area contributed by atoms with E-state index in [2.05, 4.69) is 15.5 Å². The Morgan fingerprint density at radius 2 is 1.96 bits per heavy atom. The van der Waals surface area contributed by atoms with E-state index in [0.717, 1.165) is 5.56 Å². The lowest BCUT2D eigenvalue weighted by molar-refractivity contribution is -0.115. The number of anilines is 1. The number of hydrogen-bond donors (Lipinski definition) is 1. The molecule has 7 heteroatoms. The van der Waals surface area contributed by atoms with Crippen molar-refractivity contribution in [1.29, 1.82) is 0 Å². The molecule has 0 spiro atoms. The van der Waals surface area contributed by atoms with Crippen LogP contribution in [-0.4, -0.2) is 21.4 Å². The van der Waals surface area contributed by atoms with Crippen LogP contribution in [0.5, 0.6) is 0 Å². The molecule has 3 rings (SSSR count). The van der Waals surface area contributed by atoms with Crippen molar-refractivity contribution in [3.8, 4) is 11.5 Å². The van der Waals surface area contributed by atoms with Crippen molar-refractivity contribution in [3.63, 3.8) is 0 Å². The Labute approximate surface area is 148 Å². The van der Waals surface area contributed by atoms with Gasteiger partial charge in [-0.2, -0.15) is 0 Å². The molecule has 0 fully saturated rings. The molecule has 3 aromatic rings. The monoisotopic (exact) mass is 359 g/mol. The molecule has 122 valence electrons. The fourth-order valence-corrected chi connectivity index (χ4v) is 2.84. The lowest BCUT2D eigenvalue weighted by Gasteiger charge is -2.09. The molecule has 0 saturated carbocycles. The fourth-order valence-electron chi connectivity index (χ4n) is 1.97. The maximum Gasteiger partial charge on any atom is 0.277 e. The van der Waals surface area contributed by atoms with Crippen molar-refractivity contribution in [2.24, 2.45) is 0 Å². The van der Waals surface area contributed by atoms with Crippen LogP contribution in [0.2, 0.25) is 5.02 Å². The van der Waals surface area contributed by atoms with Gasteiger partial charge >= 0.3 is 0 Å². The number of amides is 1. The van der Waals surface area contributed by atoms with E-state index < -0.39 is 5.25 Å². The summed E-state index contributed by atoms with van der Waals surface area (Å²) in [4.78, 5) is 12.2. The summed E-state index contributed by atoms with van der Waals surface area (Å²) in [7, 11) is 0. The molecular weight excluding hydrogens is 346 g/mol. The van der Waals surface area contributed by atoms with Crippen molar-refractivity contribution in [2.45, 2.75) is 17.4 Å². The van der Waals surface area contributed by atoms with Crippen LogP contribution in [0.4, 0.5) is 5.69 Å². The number of aromatic nitrogens is 2. The van der Waals surface area contributed by atoms with Crippen LogP contribution in [0.15, 0.2) is 64.2 Å². The van der Waals surface area contributed by atoms with Gasteiger partial charge in [-0.25, -0.2) is 0 Å². The van der Waals surface area contributed by atoms with E-state index in [9.17, 15) is 4.79 Å². The van der Waals surface area contributed by atoms with Crippen molar-refractivity contribution >= 4 is 35.0 Å². The first-order valence-corrected chi connectivity index (χ1v) is 8.49. The number of hydrogen-bond acceptors (Lipinski definition) is 5. The molecule has 2 aromatic carbocycles. The average molecular weight is 360 g/mol. The number of nitrogens with zero attached hydrogens (tertiary/aromatic N) is 2. The third-order valence-electron chi connectivity index (χ3n) is 3.17. The van der Waals surface area contributed by atoms with Crippen molar-refractivity contribution < 1.29 is 9.21 Å². The van der Waals surface area contributed by atoms with E-state index in [1.165, 1.54) is 11.8 Å².